The normalized spacial score (nSPS) is 10.7. The van der Waals surface area contributed by atoms with Crippen molar-refractivity contribution in [2.75, 3.05) is 13.7 Å². The van der Waals surface area contributed by atoms with Crippen LogP contribution in [-0.2, 0) is 11.2 Å². The molecule has 110 valence electrons. The van der Waals surface area contributed by atoms with Gasteiger partial charge in [0.1, 0.15) is 0 Å². The van der Waals surface area contributed by atoms with E-state index in [1.807, 2.05) is 5.38 Å². The molecule has 0 saturated carbocycles. The van der Waals surface area contributed by atoms with E-state index in [1.165, 1.54) is 11.6 Å². The van der Waals surface area contributed by atoms with Crippen molar-refractivity contribution in [1.29, 1.82) is 0 Å². The Balaban J connectivity index is 2.04. The molecule has 0 aliphatic heterocycles. The lowest BCUT2D eigenvalue weighted by Crippen LogP contribution is -2.02. The first kappa shape index (κ1) is 15.1. The molecule has 0 fully saturated rings. The summed E-state index contributed by atoms with van der Waals surface area (Å²) < 4.78 is 11.0. The average Bonchev–Trinajstić information content (AvgIpc) is 2.98. The van der Waals surface area contributed by atoms with Crippen LogP contribution in [0.25, 0.3) is 6.08 Å². The summed E-state index contributed by atoms with van der Waals surface area (Å²) in [5.74, 6) is 0.263. The van der Waals surface area contributed by atoms with Gasteiger partial charge in [0.15, 0.2) is 11.5 Å². The van der Waals surface area contributed by atoms with Gasteiger partial charge in [0.25, 0.3) is 0 Å². The number of carboxylic acids is 1. The van der Waals surface area contributed by atoms with Crippen molar-refractivity contribution in [2.24, 2.45) is 0 Å². The minimum atomic E-state index is -0.981. The summed E-state index contributed by atoms with van der Waals surface area (Å²) in [6, 6.07) is 7.38. The summed E-state index contributed by atoms with van der Waals surface area (Å²) >= 11 is 1.66. The Labute approximate surface area is 127 Å². The summed E-state index contributed by atoms with van der Waals surface area (Å²) in [4.78, 5) is 10.5. The van der Waals surface area contributed by atoms with Gasteiger partial charge < -0.3 is 14.6 Å². The van der Waals surface area contributed by atoms with Crippen molar-refractivity contribution >= 4 is 23.4 Å². The second-order valence-corrected chi connectivity index (χ2v) is 5.09. The van der Waals surface area contributed by atoms with Crippen LogP contribution in [0, 0.1) is 0 Å². The van der Waals surface area contributed by atoms with Crippen LogP contribution in [-0.4, -0.2) is 24.8 Å². The molecule has 4 nitrogen and oxygen atoms in total. The Bertz CT molecular complexity index is 617. The van der Waals surface area contributed by atoms with Gasteiger partial charge in [0.2, 0.25) is 0 Å². The second-order valence-electron chi connectivity index (χ2n) is 4.31. The predicted octanol–water partition coefficient (Wildman–Crippen LogP) is 3.48. The molecule has 0 atom stereocenters. The molecule has 2 aromatic rings. The predicted molar refractivity (Wildman–Crippen MR) is 83.2 cm³/mol. The molecule has 0 saturated heterocycles. The fourth-order valence-corrected chi connectivity index (χ4v) is 2.49. The number of methoxy groups -OCH3 is 1. The number of benzene rings is 1. The van der Waals surface area contributed by atoms with E-state index in [1.54, 1.807) is 36.6 Å². The molecule has 1 N–H and O–H groups in total. The van der Waals surface area contributed by atoms with Crippen molar-refractivity contribution in [3.8, 4) is 11.5 Å². The summed E-state index contributed by atoms with van der Waals surface area (Å²) in [6.45, 7) is 0.541. The van der Waals surface area contributed by atoms with Gasteiger partial charge in [0, 0.05) is 12.5 Å². The first-order valence-electron chi connectivity index (χ1n) is 6.42. The lowest BCUT2D eigenvalue weighted by atomic mass is 10.2. The first-order chi connectivity index (χ1) is 10.2. The van der Waals surface area contributed by atoms with Crippen molar-refractivity contribution in [3.63, 3.8) is 0 Å². The molecule has 0 aliphatic rings. The monoisotopic (exact) mass is 304 g/mol. The van der Waals surface area contributed by atoms with Crippen LogP contribution >= 0.6 is 11.3 Å². The summed E-state index contributed by atoms with van der Waals surface area (Å²) in [5.41, 5.74) is 1.99. The standard InChI is InChI=1S/C16H16O4S/c1-19-14-4-2-12(3-5-16(17)18)10-15(14)20-8-6-13-7-9-21-11-13/h2-5,7,9-11H,6,8H2,1H3,(H,17,18). The number of aliphatic carboxylic acids is 1. The minimum absolute atomic E-state index is 0.541. The molecule has 0 unspecified atom stereocenters. The van der Waals surface area contributed by atoms with Gasteiger partial charge in [-0.15, -0.1) is 0 Å². The van der Waals surface area contributed by atoms with Crippen LogP contribution in [0.5, 0.6) is 11.5 Å². The number of hydrogen-bond donors (Lipinski definition) is 1. The zero-order valence-corrected chi connectivity index (χ0v) is 12.4. The van der Waals surface area contributed by atoms with E-state index in [0.717, 1.165) is 18.1 Å². The molecule has 0 bridgehead atoms. The maximum Gasteiger partial charge on any atom is 0.328 e. The van der Waals surface area contributed by atoms with E-state index in [0.29, 0.717) is 18.1 Å². The largest absolute Gasteiger partial charge is 0.493 e. The molecular weight excluding hydrogens is 288 g/mol. The highest BCUT2D eigenvalue weighted by Crippen LogP contribution is 2.28. The van der Waals surface area contributed by atoms with Gasteiger partial charge in [-0.25, -0.2) is 4.79 Å². The number of rotatable bonds is 7. The molecule has 0 spiro atoms. The quantitative estimate of drug-likeness (QED) is 0.796. The third-order valence-electron chi connectivity index (χ3n) is 2.83. The van der Waals surface area contributed by atoms with Gasteiger partial charge in [-0.2, -0.15) is 11.3 Å². The van der Waals surface area contributed by atoms with Gasteiger partial charge in [-0.3, -0.25) is 0 Å². The summed E-state index contributed by atoms with van der Waals surface area (Å²) in [5, 5.41) is 12.8. The van der Waals surface area contributed by atoms with Gasteiger partial charge in [0.05, 0.1) is 13.7 Å². The van der Waals surface area contributed by atoms with Crippen LogP contribution in [0.2, 0.25) is 0 Å². The van der Waals surface area contributed by atoms with E-state index in [2.05, 4.69) is 11.4 Å². The fraction of sp³-hybridized carbons (Fsp3) is 0.188. The number of ether oxygens (including phenoxy) is 2. The van der Waals surface area contributed by atoms with Crippen molar-refractivity contribution in [3.05, 3.63) is 52.2 Å². The lowest BCUT2D eigenvalue weighted by molar-refractivity contribution is -0.131. The summed E-state index contributed by atoms with van der Waals surface area (Å²) in [7, 11) is 1.58. The summed E-state index contributed by atoms with van der Waals surface area (Å²) in [6.07, 6.45) is 3.44. The molecule has 1 aromatic carbocycles. The van der Waals surface area contributed by atoms with Crippen LogP contribution < -0.4 is 9.47 Å². The number of carbonyl (C=O) groups is 1. The Hall–Kier alpha value is -2.27. The highest BCUT2D eigenvalue weighted by Gasteiger charge is 2.05. The van der Waals surface area contributed by atoms with E-state index < -0.39 is 5.97 Å². The topological polar surface area (TPSA) is 55.8 Å². The smallest absolute Gasteiger partial charge is 0.328 e. The van der Waals surface area contributed by atoms with Crippen LogP contribution in [0.15, 0.2) is 41.1 Å². The van der Waals surface area contributed by atoms with Gasteiger partial charge in [-0.1, -0.05) is 6.07 Å². The SMILES string of the molecule is COc1ccc(C=CC(=O)O)cc1OCCc1ccsc1. The fourth-order valence-electron chi connectivity index (χ4n) is 1.79. The molecular formula is C16H16O4S. The number of carboxylic acid groups (broad SMARTS) is 1. The zero-order chi connectivity index (χ0) is 15.1. The molecule has 0 amide bonds. The van der Waals surface area contributed by atoms with E-state index >= 15 is 0 Å². The Morgan fingerprint density at radius 2 is 2.19 bits per heavy atom. The zero-order valence-electron chi connectivity index (χ0n) is 11.6. The van der Waals surface area contributed by atoms with E-state index in [9.17, 15) is 4.79 Å². The van der Waals surface area contributed by atoms with Crippen LogP contribution in [0.3, 0.4) is 0 Å². The van der Waals surface area contributed by atoms with E-state index in [4.69, 9.17) is 14.6 Å². The number of thiophene rings is 1. The molecule has 0 radical (unpaired) electrons. The van der Waals surface area contributed by atoms with E-state index in [-0.39, 0.29) is 0 Å². The molecule has 2 rings (SSSR count). The molecule has 5 heteroatoms. The molecule has 0 aliphatic carbocycles. The van der Waals surface area contributed by atoms with Crippen molar-refractivity contribution in [1.82, 2.24) is 0 Å². The maximum absolute atomic E-state index is 10.5. The van der Waals surface area contributed by atoms with Gasteiger partial charge in [-0.05, 0) is 46.2 Å². The Morgan fingerprint density at radius 1 is 1.33 bits per heavy atom. The molecule has 1 aromatic heterocycles. The lowest BCUT2D eigenvalue weighted by Gasteiger charge is -2.11. The van der Waals surface area contributed by atoms with Gasteiger partial charge >= 0.3 is 5.97 Å². The second kappa shape index (κ2) is 7.50. The third-order valence-corrected chi connectivity index (χ3v) is 3.57. The third kappa shape index (κ3) is 4.65. The molecule has 1 heterocycles. The van der Waals surface area contributed by atoms with Crippen molar-refractivity contribution < 1.29 is 19.4 Å². The Kier molecular flexibility index (Phi) is 5.40. The minimum Gasteiger partial charge on any atom is -0.493 e. The average molecular weight is 304 g/mol. The van der Waals surface area contributed by atoms with Crippen LogP contribution in [0.1, 0.15) is 11.1 Å². The van der Waals surface area contributed by atoms with Crippen molar-refractivity contribution in [2.45, 2.75) is 6.42 Å². The molecule has 21 heavy (non-hydrogen) atoms. The highest BCUT2D eigenvalue weighted by atomic mass is 32.1. The maximum atomic E-state index is 10.5. The van der Waals surface area contributed by atoms with Crippen LogP contribution in [0.4, 0.5) is 0 Å². The first-order valence-corrected chi connectivity index (χ1v) is 7.36. The highest BCUT2D eigenvalue weighted by molar-refractivity contribution is 7.07. The number of hydrogen-bond acceptors (Lipinski definition) is 4. The Morgan fingerprint density at radius 3 is 2.86 bits per heavy atom.